The van der Waals surface area contributed by atoms with Gasteiger partial charge in [0.1, 0.15) is 0 Å². The van der Waals surface area contributed by atoms with Crippen molar-refractivity contribution in [3.05, 3.63) is 0 Å². The van der Waals surface area contributed by atoms with E-state index >= 15 is 0 Å². The van der Waals surface area contributed by atoms with Crippen LogP contribution in [0.2, 0.25) is 0 Å². The molecular weight excluding hydrogens is 210 g/mol. The average molecular weight is 244 g/mol. The van der Waals surface area contributed by atoms with Crippen LogP contribution < -0.4 is 0 Å². The van der Waals surface area contributed by atoms with E-state index in [-0.39, 0.29) is 0 Å². The molecule has 0 amide bonds. The third kappa shape index (κ3) is 5.71. The molecule has 0 fully saturated rings. The average Bonchev–Trinajstić information content (AvgIpc) is 2.28. The first-order valence-electron chi connectivity index (χ1n) is 7.63. The van der Waals surface area contributed by atoms with Crippen LogP contribution in [0.5, 0.6) is 0 Å². The van der Waals surface area contributed by atoms with Crippen LogP contribution in [0.15, 0.2) is 0 Å². The summed E-state index contributed by atoms with van der Waals surface area (Å²) in [4.78, 5) is 0. The zero-order valence-electron chi connectivity index (χ0n) is 12.4. The maximum absolute atomic E-state index is 2.51. The van der Waals surface area contributed by atoms with Gasteiger partial charge in [0.05, 0.1) is 0 Å². The van der Waals surface area contributed by atoms with Gasteiger partial charge in [0.2, 0.25) is 0 Å². The second kappa shape index (κ2) is 9.52. The molecular formula is C14H34BP. The Bertz CT molecular complexity index is 135. The fourth-order valence-corrected chi connectivity index (χ4v) is 8.48. The van der Waals surface area contributed by atoms with Gasteiger partial charge in [0.25, 0.3) is 0 Å². The van der Waals surface area contributed by atoms with Crippen LogP contribution in [-0.2, 0) is 0 Å². The summed E-state index contributed by atoms with van der Waals surface area (Å²) in [6, 6.07) is 0. The fraction of sp³-hybridized carbons (Fsp3) is 1.00. The normalized spacial score (nSPS) is 15.0. The molecule has 0 aliphatic carbocycles. The van der Waals surface area contributed by atoms with Crippen molar-refractivity contribution in [1.29, 1.82) is 0 Å². The molecule has 0 rings (SSSR count). The Morgan fingerprint density at radius 1 is 0.812 bits per heavy atom. The first-order chi connectivity index (χ1) is 7.63. The summed E-state index contributed by atoms with van der Waals surface area (Å²) in [5.41, 5.74) is 0.997. The number of hydrogen-bond donors (Lipinski definition) is 0. The number of hydrogen-bond acceptors (Lipinski definition) is 0. The Morgan fingerprint density at radius 3 is 1.31 bits per heavy atom. The molecule has 0 aromatic carbocycles. The van der Waals surface area contributed by atoms with Crippen LogP contribution >= 0.6 is 7.26 Å². The van der Waals surface area contributed by atoms with Gasteiger partial charge < -0.3 is 0 Å². The zero-order chi connectivity index (χ0) is 12.4. The van der Waals surface area contributed by atoms with Crippen LogP contribution in [0.4, 0.5) is 0 Å². The third-order valence-corrected chi connectivity index (χ3v) is 10.8. The van der Waals surface area contributed by atoms with Crippen molar-refractivity contribution in [3.8, 4) is 0 Å². The second-order valence-electron chi connectivity index (χ2n) is 5.83. The monoisotopic (exact) mass is 244 g/mol. The molecule has 0 aliphatic rings. The van der Waals surface area contributed by atoms with Crippen LogP contribution in [0.3, 0.4) is 0 Å². The maximum atomic E-state index is 2.51. The molecule has 1 atom stereocenters. The van der Waals surface area contributed by atoms with Crippen molar-refractivity contribution in [2.24, 2.45) is 0 Å². The van der Waals surface area contributed by atoms with Crippen LogP contribution in [-0.4, -0.2) is 31.9 Å². The molecule has 0 aromatic rings. The third-order valence-electron chi connectivity index (χ3n) is 4.31. The minimum atomic E-state index is -0.936. The van der Waals surface area contributed by atoms with Crippen molar-refractivity contribution < 1.29 is 0 Å². The van der Waals surface area contributed by atoms with E-state index in [0.717, 1.165) is 5.56 Å². The van der Waals surface area contributed by atoms with Gasteiger partial charge in [-0.2, -0.15) is 0 Å². The van der Waals surface area contributed by atoms with Gasteiger partial charge in [0.15, 0.2) is 0 Å². The quantitative estimate of drug-likeness (QED) is 0.400. The number of rotatable bonds is 10. The second-order valence-corrected chi connectivity index (χ2v) is 11.2. The van der Waals surface area contributed by atoms with Gasteiger partial charge in [-0.25, -0.2) is 0 Å². The molecule has 16 heavy (non-hydrogen) atoms. The van der Waals surface area contributed by atoms with Gasteiger partial charge >= 0.3 is 105 Å². The summed E-state index contributed by atoms with van der Waals surface area (Å²) in [5, 5.41) is 0. The van der Waals surface area contributed by atoms with Gasteiger partial charge in [-0.3, -0.25) is 0 Å². The predicted octanol–water partition coefficient (Wildman–Crippen LogP) is 4.12. The molecule has 0 radical (unpaired) electrons. The molecule has 0 bridgehead atoms. The Balaban J connectivity index is 4.46. The minimum absolute atomic E-state index is 0.936. The summed E-state index contributed by atoms with van der Waals surface area (Å²) < 4.78 is 0. The van der Waals surface area contributed by atoms with Crippen LogP contribution in [0, 0.1) is 0 Å². The van der Waals surface area contributed by atoms with E-state index in [2.05, 4.69) is 35.5 Å². The summed E-state index contributed by atoms with van der Waals surface area (Å²) in [7, 11) is 1.57. The van der Waals surface area contributed by atoms with Gasteiger partial charge in [-0.15, -0.1) is 0 Å². The Morgan fingerprint density at radius 2 is 1.12 bits per heavy atom. The summed E-state index contributed by atoms with van der Waals surface area (Å²) >= 11 is 0. The molecule has 2 heteroatoms. The molecule has 0 nitrogen and oxygen atoms in total. The van der Waals surface area contributed by atoms with E-state index in [4.69, 9.17) is 0 Å². The van der Waals surface area contributed by atoms with E-state index in [0.29, 0.717) is 0 Å². The molecule has 0 aliphatic heterocycles. The van der Waals surface area contributed by atoms with E-state index in [1.807, 2.05) is 0 Å². The van der Waals surface area contributed by atoms with Crippen molar-refractivity contribution in [1.82, 2.24) is 0 Å². The molecule has 0 heterocycles. The van der Waals surface area contributed by atoms with Crippen LogP contribution in [0.25, 0.3) is 0 Å². The van der Waals surface area contributed by atoms with Crippen LogP contribution in [0.1, 0.15) is 66.2 Å². The van der Waals surface area contributed by atoms with E-state index < -0.39 is 7.26 Å². The van der Waals surface area contributed by atoms with Crippen molar-refractivity contribution >= 4 is 15.1 Å². The zero-order valence-corrected chi connectivity index (χ0v) is 13.4. The van der Waals surface area contributed by atoms with E-state index in [1.165, 1.54) is 38.5 Å². The molecule has 0 N–H and O–H groups in total. The molecule has 1 unspecified atom stereocenters. The van der Waals surface area contributed by atoms with E-state index in [1.54, 1.807) is 18.5 Å². The van der Waals surface area contributed by atoms with E-state index in [9.17, 15) is 0 Å². The molecule has 0 saturated heterocycles. The number of unbranched alkanes of at least 4 members (excludes halogenated alkanes) is 3. The Kier molecular flexibility index (Phi) is 9.81. The van der Waals surface area contributed by atoms with Crippen molar-refractivity contribution in [2.45, 2.75) is 71.8 Å². The molecule has 0 saturated carbocycles. The summed E-state index contributed by atoms with van der Waals surface area (Å²) in [6.45, 7) is 9.55. The Hall–Kier alpha value is 0.495. The fourth-order valence-electron chi connectivity index (χ4n) is 2.83. The predicted molar refractivity (Wildman–Crippen MR) is 85.6 cm³/mol. The van der Waals surface area contributed by atoms with Crippen molar-refractivity contribution in [3.63, 3.8) is 0 Å². The summed E-state index contributed by atoms with van der Waals surface area (Å²) in [5.74, 6) is 0. The standard InChI is InChI=1S/C14H34BP/c1-5-8-11-16(14(4)15,12-9-6-2)13-10-7-3/h14,16H,5-13,15H2,1-4H3. The van der Waals surface area contributed by atoms with Gasteiger partial charge in [-0.05, 0) is 0 Å². The van der Waals surface area contributed by atoms with Gasteiger partial charge in [-0.1, -0.05) is 0 Å². The SMILES string of the molecule is BC(C)[PH](CCCC)(CCCC)CCCC. The first-order valence-corrected chi connectivity index (χ1v) is 10.3. The molecule has 98 valence electrons. The molecule has 0 spiro atoms. The van der Waals surface area contributed by atoms with Gasteiger partial charge in [0, 0.05) is 0 Å². The van der Waals surface area contributed by atoms with Crippen molar-refractivity contribution in [2.75, 3.05) is 18.5 Å². The molecule has 0 aromatic heterocycles. The first kappa shape index (κ1) is 16.5. The summed E-state index contributed by atoms with van der Waals surface area (Å²) in [6.07, 6.45) is 13.4. The Labute approximate surface area is 106 Å². The topological polar surface area (TPSA) is 0 Å².